The standard InChI is InChI=1S/C25H48O2.C4H6O2.C4H6O/c1-3-4-5-8-21-11-13-23(14-12-21)25-17-15-24(16-18-25)22(9-6-19-26)10-7-20-27-2;1-4(2-5)3-6;1-4(2)3-5/h21-26H,3-20H2,1-2H3;2,6H,1,3H2;3H,1H2,2H3. The lowest BCUT2D eigenvalue weighted by atomic mass is 9.66. The second-order valence-corrected chi connectivity index (χ2v) is 11.6. The van der Waals surface area contributed by atoms with E-state index in [0.717, 1.165) is 48.9 Å². The van der Waals surface area contributed by atoms with Gasteiger partial charge in [0.05, 0.1) is 6.61 Å². The normalized spacial score (nSPS) is 23.6. The van der Waals surface area contributed by atoms with E-state index in [1.165, 1.54) is 96.3 Å². The molecule has 2 rings (SSSR count). The Morgan fingerprint density at radius 3 is 1.84 bits per heavy atom. The number of unbranched alkanes of at least 4 members (excludes halogenated alkanes) is 2. The molecule has 2 fully saturated rings. The van der Waals surface area contributed by atoms with Crippen LogP contribution in [0.2, 0.25) is 0 Å². The molecule has 5 heteroatoms. The third kappa shape index (κ3) is 18.1. The summed E-state index contributed by atoms with van der Waals surface area (Å²) in [6.45, 7) is 11.5. The Kier molecular flexibility index (Phi) is 23.9. The van der Waals surface area contributed by atoms with Crippen molar-refractivity contribution in [1.29, 1.82) is 0 Å². The van der Waals surface area contributed by atoms with Crippen molar-refractivity contribution >= 4 is 12.6 Å². The van der Waals surface area contributed by atoms with Crippen LogP contribution in [-0.2, 0) is 14.3 Å². The number of aliphatic hydroxyl groups is 2. The average molecular weight is 537 g/mol. The van der Waals surface area contributed by atoms with Crippen LogP contribution >= 0.6 is 0 Å². The fraction of sp³-hybridized carbons (Fsp3) is 0.818. The van der Waals surface area contributed by atoms with Crippen molar-refractivity contribution < 1.29 is 24.5 Å². The first-order chi connectivity index (χ1) is 18.4. The van der Waals surface area contributed by atoms with Gasteiger partial charge < -0.3 is 14.9 Å². The maximum Gasteiger partial charge on any atom is 0.147 e. The molecule has 0 aromatic carbocycles. The molecule has 0 aliphatic heterocycles. The Morgan fingerprint density at radius 1 is 0.868 bits per heavy atom. The Labute approximate surface area is 234 Å². The van der Waals surface area contributed by atoms with Gasteiger partial charge in [-0.2, -0.15) is 0 Å². The molecule has 0 radical (unpaired) electrons. The number of hydrogen-bond acceptors (Lipinski definition) is 5. The van der Waals surface area contributed by atoms with Gasteiger partial charge in [-0.15, -0.1) is 0 Å². The highest BCUT2D eigenvalue weighted by Gasteiger charge is 2.32. The molecule has 0 heterocycles. The number of allylic oxidation sites excluding steroid dienone is 1. The van der Waals surface area contributed by atoms with E-state index in [-0.39, 0.29) is 12.2 Å². The van der Waals surface area contributed by atoms with Gasteiger partial charge in [0, 0.05) is 25.9 Å². The average Bonchev–Trinajstić information content (AvgIpc) is 2.95. The summed E-state index contributed by atoms with van der Waals surface area (Å²) in [7, 11) is 1.81. The molecule has 0 saturated heterocycles. The van der Waals surface area contributed by atoms with Gasteiger partial charge in [-0.3, -0.25) is 9.59 Å². The molecule has 0 spiro atoms. The number of carbonyl (C=O) groups is 2. The summed E-state index contributed by atoms with van der Waals surface area (Å²) in [5.41, 5.74) is 0.792. The second kappa shape index (κ2) is 24.7. The van der Waals surface area contributed by atoms with Gasteiger partial charge in [0.2, 0.25) is 0 Å². The van der Waals surface area contributed by atoms with Crippen molar-refractivity contribution in [3.63, 3.8) is 0 Å². The van der Waals surface area contributed by atoms with E-state index in [9.17, 15) is 14.7 Å². The van der Waals surface area contributed by atoms with E-state index >= 15 is 0 Å². The third-order valence-electron chi connectivity index (χ3n) is 8.48. The van der Waals surface area contributed by atoms with Crippen LogP contribution in [0.1, 0.15) is 117 Å². The molecule has 38 heavy (non-hydrogen) atoms. The second-order valence-electron chi connectivity index (χ2n) is 11.6. The number of hydrogen-bond donors (Lipinski definition) is 2. The van der Waals surface area contributed by atoms with Gasteiger partial charge in [0.15, 0.2) is 0 Å². The molecule has 0 amide bonds. The molecular weight excluding hydrogens is 476 g/mol. The highest BCUT2D eigenvalue weighted by atomic mass is 16.5. The summed E-state index contributed by atoms with van der Waals surface area (Å²) in [6.07, 6.45) is 23.7. The lowest BCUT2D eigenvalue weighted by Gasteiger charge is -2.40. The zero-order valence-corrected chi connectivity index (χ0v) is 25.0. The summed E-state index contributed by atoms with van der Waals surface area (Å²) < 4.78 is 5.27. The maximum atomic E-state index is 9.48. The van der Waals surface area contributed by atoms with Crippen LogP contribution in [0.25, 0.3) is 0 Å². The fourth-order valence-electron chi connectivity index (χ4n) is 6.22. The highest BCUT2D eigenvalue weighted by Crippen LogP contribution is 2.44. The van der Waals surface area contributed by atoms with Crippen molar-refractivity contribution in [3.05, 3.63) is 24.3 Å². The van der Waals surface area contributed by atoms with Gasteiger partial charge in [-0.05, 0) is 106 Å². The molecular formula is C33H60O5. The van der Waals surface area contributed by atoms with Crippen molar-refractivity contribution in [1.82, 2.24) is 0 Å². The molecule has 1 unspecified atom stereocenters. The topological polar surface area (TPSA) is 83.8 Å². The van der Waals surface area contributed by atoms with E-state index in [1.54, 1.807) is 6.92 Å². The summed E-state index contributed by atoms with van der Waals surface area (Å²) in [6, 6.07) is 0. The van der Waals surface area contributed by atoms with Crippen LogP contribution in [0.3, 0.4) is 0 Å². The molecule has 2 aliphatic carbocycles. The molecule has 2 saturated carbocycles. The Balaban J connectivity index is 0.00000104. The van der Waals surface area contributed by atoms with Crippen LogP contribution in [0.4, 0.5) is 0 Å². The monoisotopic (exact) mass is 536 g/mol. The number of ether oxygens (including phenoxy) is 1. The van der Waals surface area contributed by atoms with Crippen LogP contribution in [0.15, 0.2) is 24.3 Å². The molecule has 1 atom stereocenters. The molecule has 222 valence electrons. The summed E-state index contributed by atoms with van der Waals surface area (Å²) in [5.74, 6) is 4.85. The number of aldehydes is 2. The Hall–Kier alpha value is -1.30. The van der Waals surface area contributed by atoms with Crippen molar-refractivity contribution in [2.24, 2.45) is 29.6 Å². The first kappa shape index (κ1) is 36.7. The number of aliphatic hydroxyl groups excluding tert-OH is 2. The van der Waals surface area contributed by atoms with Crippen molar-refractivity contribution in [3.8, 4) is 0 Å². The van der Waals surface area contributed by atoms with Crippen LogP contribution in [0, 0.1) is 29.6 Å². The first-order valence-corrected chi connectivity index (χ1v) is 15.3. The predicted molar refractivity (Wildman–Crippen MR) is 159 cm³/mol. The first-order valence-electron chi connectivity index (χ1n) is 15.3. The van der Waals surface area contributed by atoms with Gasteiger partial charge in [0.1, 0.15) is 12.6 Å². The molecule has 0 aromatic rings. The molecule has 0 bridgehead atoms. The Bertz CT molecular complexity index is 601. The third-order valence-corrected chi connectivity index (χ3v) is 8.48. The van der Waals surface area contributed by atoms with Crippen molar-refractivity contribution in [2.45, 2.75) is 117 Å². The van der Waals surface area contributed by atoms with E-state index in [1.807, 2.05) is 7.11 Å². The van der Waals surface area contributed by atoms with Crippen LogP contribution < -0.4 is 0 Å². The molecule has 5 nitrogen and oxygen atoms in total. The molecule has 2 aliphatic rings. The van der Waals surface area contributed by atoms with E-state index in [0.29, 0.717) is 18.5 Å². The summed E-state index contributed by atoms with van der Waals surface area (Å²) >= 11 is 0. The number of methoxy groups -OCH3 is 1. The van der Waals surface area contributed by atoms with E-state index in [4.69, 9.17) is 9.84 Å². The maximum absolute atomic E-state index is 9.48. The van der Waals surface area contributed by atoms with Crippen molar-refractivity contribution in [2.75, 3.05) is 26.9 Å². The van der Waals surface area contributed by atoms with Gasteiger partial charge >= 0.3 is 0 Å². The number of carbonyl (C=O) groups excluding carboxylic acids is 2. The molecule has 2 N–H and O–H groups in total. The van der Waals surface area contributed by atoms with Gasteiger partial charge in [-0.25, -0.2) is 0 Å². The lowest BCUT2D eigenvalue weighted by molar-refractivity contribution is -0.105. The smallest absolute Gasteiger partial charge is 0.147 e. The quantitative estimate of drug-likeness (QED) is 0.121. The van der Waals surface area contributed by atoms with Crippen LogP contribution in [0.5, 0.6) is 0 Å². The molecule has 0 aromatic heterocycles. The largest absolute Gasteiger partial charge is 0.396 e. The SMILES string of the molecule is C=C(C)C=O.C=C(C=O)CO.CCCCCC1CCC(C2CCC(C(CCCO)CCCOC)CC2)CC1. The summed E-state index contributed by atoms with van der Waals surface area (Å²) in [4.78, 5) is 18.9. The minimum Gasteiger partial charge on any atom is -0.396 e. The number of rotatable bonds is 16. The van der Waals surface area contributed by atoms with Crippen LogP contribution in [-0.4, -0.2) is 49.7 Å². The van der Waals surface area contributed by atoms with Gasteiger partial charge in [-0.1, -0.05) is 58.6 Å². The fourth-order valence-corrected chi connectivity index (χ4v) is 6.22. The van der Waals surface area contributed by atoms with Gasteiger partial charge in [0.25, 0.3) is 0 Å². The van der Waals surface area contributed by atoms with E-state index in [2.05, 4.69) is 20.1 Å². The van der Waals surface area contributed by atoms with E-state index < -0.39 is 0 Å². The minimum absolute atomic E-state index is 0.218. The zero-order valence-electron chi connectivity index (χ0n) is 25.0. The Morgan fingerprint density at radius 2 is 1.42 bits per heavy atom. The summed E-state index contributed by atoms with van der Waals surface area (Å²) in [5, 5.41) is 17.3. The zero-order chi connectivity index (χ0) is 28.6. The highest BCUT2D eigenvalue weighted by molar-refractivity contribution is 5.72. The minimum atomic E-state index is -0.233. The lowest BCUT2D eigenvalue weighted by Crippen LogP contribution is -2.28. The predicted octanol–water partition coefficient (Wildman–Crippen LogP) is 7.49.